The van der Waals surface area contributed by atoms with E-state index in [2.05, 4.69) is 21.2 Å². The highest BCUT2D eigenvalue weighted by Gasteiger charge is 2.19. The van der Waals surface area contributed by atoms with E-state index >= 15 is 0 Å². The Balaban J connectivity index is 2.80. The molecule has 1 rings (SSSR count). The molecule has 3 nitrogen and oxygen atoms in total. The first-order chi connectivity index (χ1) is 7.91. The third-order valence-electron chi connectivity index (χ3n) is 2.33. The number of Topliss-reactive ketones (excluding diaryl/α,β-unsaturated/α-hetero) is 1. The van der Waals surface area contributed by atoms with Crippen LogP contribution in [0.4, 0.5) is 5.69 Å². The number of hydrogen-bond acceptors (Lipinski definition) is 2. The van der Waals surface area contributed by atoms with E-state index in [1.165, 1.54) is 6.92 Å². The Hall–Kier alpha value is -1.16. The van der Waals surface area contributed by atoms with Gasteiger partial charge in [-0.15, -0.1) is 0 Å². The van der Waals surface area contributed by atoms with Gasteiger partial charge in [0.15, 0.2) is 5.78 Å². The van der Waals surface area contributed by atoms with Gasteiger partial charge in [0.05, 0.1) is 4.83 Å². The smallest absolute Gasteiger partial charge is 0.221 e. The number of rotatable bonds is 4. The number of hydrogen-bond donors (Lipinski definition) is 1. The van der Waals surface area contributed by atoms with Crippen molar-refractivity contribution >= 4 is 33.3 Å². The topological polar surface area (TPSA) is 46.2 Å². The predicted molar refractivity (Wildman–Crippen MR) is 72.6 cm³/mol. The second kappa shape index (κ2) is 5.96. The van der Waals surface area contributed by atoms with E-state index in [0.717, 1.165) is 0 Å². The molecule has 1 aromatic rings. The lowest BCUT2D eigenvalue weighted by Crippen LogP contribution is -2.20. The molecule has 0 aliphatic rings. The van der Waals surface area contributed by atoms with Crippen molar-refractivity contribution in [3.63, 3.8) is 0 Å². The summed E-state index contributed by atoms with van der Waals surface area (Å²) in [5.74, 6) is 0.191. The van der Waals surface area contributed by atoms with Crippen LogP contribution in [-0.4, -0.2) is 16.5 Å². The quantitative estimate of drug-likeness (QED) is 0.685. The van der Waals surface area contributed by atoms with Crippen LogP contribution in [0.15, 0.2) is 24.3 Å². The Morgan fingerprint density at radius 2 is 1.71 bits per heavy atom. The fourth-order valence-electron chi connectivity index (χ4n) is 1.38. The highest BCUT2D eigenvalue weighted by atomic mass is 79.9. The minimum absolute atomic E-state index is 0.0642. The van der Waals surface area contributed by atoms with Crippen molar-refractivity contribution in [3.05, 3.63) is 29.8 Å². The van der Waals surface area contributed by atoms with Crippen molar-refractivity contribution in [2.75, 3.05) is 5.32 Å². The number of carbonyl (C=O) groups is 2. The second-order valence-electron chi connectivity index (χ2n) is 4.27. The molecule has 0 aromatic heterocycles. The van der Waals surface area contributed by atoms with Crippen LogP contribution in [0.25, 0.3) is 0 Å². The first-order valence-corrected chi connectivity index (χ1v) is 6.39. The van der Waals surface area contributed by atoms with Crippen molar-refractivity contribution in [1.82, 2.24) is 0 Å². The monoisotopic (exact) mass is 297 g/mol. The maximum Gasteiger partial charge on any atom is 0.221 e. The van der Waals surface area contributed by atoms with E-state index in [4.69, 9.17) is 0 Å². The molecule has 0 aliphatic heterocycles. The summed E-state index contributed by atoms with van der Waals surface area (Å²) >= 11 is 3.38. The largest absolute Gasteiger partial charge is 0.326 e. The Morgan fingerprint density at radius 1 is 1.18 bits per heavy atom. The minimum Gasteiger partial charge on any atom is -0.326 e. The number of alkyl halides is 1. The van der Waals surface area contributed by atoms with E-state index < -0.39 is 0 Å². The Morgan fingerprint density at radius 3 is 2.12 bits per heavy atom. The molecular formula is C13H16BrNO2. The fraction of sp³-hybridized carbons (Fsp3) is 0.385. The number of anilines is 1. The van der Waals surface area contributed by atoms with Crippen molar-refractivity contribution in [3.8, 4) is 0 Å². The third kappa shape index (κ3) is 3.97. The van der Waals surface area contributed by atoms with Crippen LogP contribution in [0.1, 0.15) is 31.1 Å². The summed E-state index contributed by atoms with van der Waals surface area (Å²) in [5, 5.41) is 2.66. The van der Waals surface area contributed by atoms with Crippen molar-refractivity contribution in [1.29, 1.82) is 0 Å². The summed E-state index contributed by atoms with van der Waals surface area (Å²) < 4.78 is 0. The lowest BCUT2D eigenvalue weighted by Gasteiger charge is -2.12. The molecule has 1 amide bonds. The maximum atomic E-state index is 12.0. The van der Waals surface area contributed by atoms with E-state index in [1.54, 1.807) is 24.3 Å². The van der Waals surface area contributed by atoms with Crippen LogP contribution >= 0.6 is 15.9 Å². The summed E-state index contributed by atoms with van der Waals surface area (Å²) in [6, 6.07) is 6.91. The van der Waals surface area contributed by atoms with Gasteiger partial charge in [-0.2, -0.15) is 0 Å². The lowest BCUT2D eigenvalue weighted by atomic mass is 10.0. The first-order valence-electron chi connectivity index (χ1n) is 5.47. The molecule has 1 atom stereocenters. The van der Waals surface area contributed by atoms with Gasteiger partial charge in [-0.05, 0) is 30.2 Å². The normalized spacial score (nSPS) is 12.3. The molecular weight excluding hydrogens is 282 g/mol. The van der Waals surface area contributed by atoms with Gasteiger partial charge in [0.1, 0.15) is 0 Å². The molecule has 4 heteroatoms. The summed E-state index contributed by atoms with van der Waals surface area (Å²) in [6.45, 7) is 5.43. The number of halogens is 1. The zero-order valence-corrected chi connectivity index (χ0v) is 11.7. The Kier molecular flexibility index (Phi) is 4.87. The van der Waals surface area contributed by atoms with E-state index in [-0.39, 0.29) is 22.4 Å². The SMILES string of the molecule is CC(=O)Nc1ccc(C(=O)C(Br)C(C)C)cc1. The summed E-state index contributed by atoms with van der Waals surface area (Å²) in [5.41, 5.74) is 1.35. The fourth-order valence-corrected chi connectivity index (χ4v) is 1.65. The third-order valence-corrected chi connectivity index (χ3v) is 3.80. The molecule has 0 aliphatic carbocycles. The number of nitrogens with one attached hydrogen (secondary N) is 1. The number of benzene rings is 1. The molecule has 0 bridgehead atoms. The van der Waals surface area contributed by atoms with Crippen LogP contribution in [0.3, 0.4) is 0 Å². The van der Waals surface area contributed by atoms with Gasteiger partial charge >= 0.3 is 0 Å². The van der Waals surface area contributed by atoms with Crippen molar-refractivity contribution < 1.29 is 9.59 Å². The van der Waals surface area contributed by atoms with Crippen LogP contribution in [0.2, 0.25) is 0 Å². The molecule has 1 N–H and O–H groups in total. The van der Waals surface area contributed by atoms with Crippen LogP contribution in [-0.2, 0) is 4.79 Å². The van der Waals surface area contributed by atoms with E-state index in [1.807, 2.05) is 13.8 Å². The van der Waals surface area contributed by atoms with Gasteiger partial charge < -0.3 is 5.32 Å². The van der Waals surface area contributed by atoms with Gasteiger partial charge in [-0.3, -0.25) is 9.59 Å². The minimum atomic E-state index is -0.172. The Bertz CT molecular complexity index is 412. The molecule has 0 saturated carbocycles. The van der Waals surface area contributed by atoms with Crippen LogP contribution < -0.4 is 5.32 Å². The van der Waals surface area contributed by atoms with Crippen LogP contribution in [0, 0.1) is 5.92 Å². The van der Waals surface area contributed by atoms with Gasteiger partial charge in [0.2, 0.25) is 5.91 Å². The van der Waals surface area contributed by atoms with Crippen LogP contribution in [0.5, 0.6) is 0 Å². The van der Waals surface area contributed by atoms with E-state index in [0.29, 0.717) is 11.3 Å². The molecule has 0 heterocycles. The summed E-state index contributed by atoms with van der Waals surface area (Å²) in [4.78, 5) is 22.7. The highest BCUT2D eigenvalue weighted by Crippen LogP contribution is 2.19. The highest BCUT2D eigenvalue weighted by molar-refractivity contribution is 9.10. The van der Waals surface area contributed by atoms with E-state index in [9.17, 15) is 9.59 Å². The zero-order chi connectivity index (χ0) is 13.0. The maximum absolute atomic E-state index is 12.0. The molecule has 1 aromatic carbocycles. The van der Waals surface area contributed by atoms with Crippen molar-refractivity contribution in [2.45, 2.75) is 25.6 Å². The lowest BCUT2D eigenvalue weighted by molar-refractivity contribution is -0.114. The molecule has 0 saturated heterocycles. The number of ketones is 1. The first kappa shape index (κ1) is 13.9. The van der Waals surface area contributed by atoms with Gasteiger partial charge in [0, 0.05) is 18.2 Å². The average molecular weight is 298 g/mol. The van der Waals surface area contributed by atoms with Gasteiger partial charge in [-0.25, -0.2) is 0 Å². The molecule has 92 valence electrons. The molecule has 17 heavy (non-hydrogen) atoms. The Labute approximate surface area is 110 Å². The summed E-state index contributed by atoms with van der Waals surface area (Å²) in [7, 11) is 0. The van der Waals surface area contributed by atoms with Gasteiger partial charge in [-0.1, -0.05) is 29.8 Å². The van der Waals surface area contributed by atoms with Crippen molar-refractivity contribution in [2.24, 2.45) is 5.92 Å². The molecule has 0 radical (unpaired) electrons. The second-order valence-corrected chi connectivity index (χ2v) is 5.26. The molecule has 0 spiro atoms. The molecule has 0 fully saturated rings. The molecule has 1 unspecified atom stereocenters. The predicted octanol–water partition coefficient (Wildman–Crippen LogP) is 3.25. The standard InChI is InChI=1S/C13H16BrNO2/c1-8(2)12(14)13(17)10-4-6-11(7-5-10)15-9(3)16/h4-8,12H,1-3H3,(H,15,16). The number of carbonyl (C=O) groups excluding carboxylic acids is 2. The average Bonchev–Trinajstić information content (AvgIpc) is 2.27. The zero-order valence-electron chi connectivity index (χ0n) is 10.2. The summed E-state index contributed by atoms with van der Waals surface area (Å²) in [6.07, 6.45) is 0. The number of amides is 1. The van der Waals surface area contributed by atoms with Gasteiger partial charge in [0.25, 0.3) is 0 Å².